The van der Waals surface area contributed by atoms with Gasteiger partial charge in [-0.15, -0.1) is 0 Å². The average molecular weight is 462 g/mol. The van der Waals surface area contributed by atoms with E-state index in [9.17, 15) is 19.2 Å². The first-order chi connectivity index (χ1) is 15.4. The molecule has 1 fully saturated rings. The van der Waals surface area contributed by atoms with E-state index in [0.29, 0.717) is 12.8 Å². The summed E-state index contributed by atoms with van der Waals surface area (Å²) in [4.78, 5) is 53.3. The summed E-state index contributed by atoms with van der Waals surface area (Å²) in [6.45, 7) is 8.69. The van der Waals surface area contributed by atoms with E-state index in [1.54, 1.807) is 34.6 Å². The van der Waals surface area contributed by atoms with Crippen molar-refractivity contribution in [3.8, 4) is 0 Å². The van der Waals surface area contributed by atoms with Crippen LogP contribution in [0.25, 0.3) is 0 Å². The Kier molecular flexibility index (Phi) is 8.99. The summed E-state index contributed by atoms with van der Waals surface area (Å²) in [5, 5.41) is 3.00. The molecule has 1 aliphatic rings. The molecule has 33 heavy (non-hydrogen) atoms. The van der Waals surface area contributed by atoms with Crippen molar-refractivity contribution in [2.75, 3.05) is 20.2 Å². The maximum absolute atomic E-state index is 13.2. The number of carbonyl (C=O) groups excluding carboxylic acids is 4. The molecule has 1 saturated heterocycles. The van der Waals surface area contributed by atoms with E-state index >= 15 is 0 Å². The minimum atomic E-state index is -1.05. The molecule has 1 unspecified atom stereocenters. The standard InChI is InChI=1S/C24H35N3O6/c1-7-32-21(29)18(14-13-17-11-9-8-10-12-17)25-16(2)20(28)27-19(15-26(6)23(27)31)22(30)33-24(3,4)5/h8-12,16,18-19,25H,7,13-15H2,1-6H3/t16-,18?,19-/m0/s1. The van der Waals surface area contributed by atoms with E-state index in [0.717, 1.165) is 10.5 Å². The molecular weight excluding hydrogens is 426 g/mol. The number of benzene rings is 1. The van der Waals surface area contributed by atoms with Crippen LogP contribution in [0.15, 0.2) is 30.3 Å². The van der Waals surface area contributed by atoms with Crippen LogP contribution in [0, 0.1) is 0 Å². The van der Waals surface area contributed by atoms with Gasteiger partial charge in [-0.2, -0.15) is 0 Å². The molecule has 1 N–H and O–H groups in total. The van der Waals surface area contributed by atoms with Crippen LogP contribution in [0.5, 0.6) is 0 Å². The third-order valence-corrected chi connectivity index (χ3v) is 5.16. The summed E-state index contributed by atoms with van der Waals surface area (Å²) < 4.78 is 10.6. The van der Waals surface area contributed by atoms with Gasteiger partial charge in [-0.1, -0.05) is 30.3 Å². The van der Waals surface area contributed by atoms with Crippen LogP contribution in [-0.2, 0) is 30.3 Å². The minimum Gasteiger partial charge on any atom is -0.465 e. The van der Waals surface area contributed by atoms with E-state index in [-0.39, 0.29) is 13.2 Å². The Morgan fingerprint density at radius 2 is 1.82 bits per heavy atom. The van der Waals surface area contributed by atoms with Crippen molar-refractivity contribution < 1.29 is 28.7 Å². The van der Waals surface area contributed by atoms with Crippen LogP contribution in [0.1, 0.15) is 46.6 Å². The van der Waals surface area contributed by atoms with Crippen LogP contribution in [-0.4, -0.2) is 77.6 Å². The van der Waals surface area contributed by atoms with Gasteiger partial charge in [-0.25, -0.2) is 14.5 Å². The molecule has 9 nitrogen and oxygen atoms in total. The fraction of sp³-hybridized carbons (Fsp3) is 0.583. The van der Waals surface area contributed by atoms with Crippen LogP contribution in [0.4, 0.5) is 4.79 Å². The van der Waals surface area contributed by atoms with E-state index in [4.69, 9.17) is 9.47 Å². The fourth-order valence-corrected chi connectivity index (χ4v) is 3.58. The molecule has 0 spiro atoms. The lowest BCUT2D eigenvalue weighted by Gasteiger charge is -2.28. The molecule has 1 heterocycles. The largest absolute Gasteiger partial charge is 0.465 e. The highest BCUT2D eigenvalue weighted by Crippen LogP contribution is 2.20. The molecule has 0 aliphatic carbocycles. The Labute approximate surface area is 195 Å². The van der Waals surface area contributed by atoms with Gasteiger partial charge in [0.15, 0.2) is 6.04 Å². The number of nitrogens with one attached hydrogen (secondary N) is 1. The number of hydrogen-bond acceptors (Lipinski definition) is 7. The molecule has 0 bridgehead atoms. The maximum atomic E-state index is 13.2. The molecule has 0 radical (unpaired) electrons. The highest BCUT2D eigenvalue weighted by Gasteiger charge is 2.46. The SMILES string of the molecule is CCOC(=O)C(CCc1ccccc1)N[C@@H](C)C(=O)N1C(=O)N(C)C[C@H]1C(=O)OC(C)(C)C. The minimum absolute atomic E-state index is 0.0432. The predicted molar refractivity (Wildman–Crippen MR) is 122 cm³/mol. The van der Waals surface area contributed by atoms with E-state index in [2.05, 4.69) is 5.32 Å². The molecule has 3 atom stereocenters. The molecule has 0 saturated carbocycles. The molecule has 2 rings (SSSR count). The Morgan fingerprint density at radius 3 is 2.39 bits per heavy atom. The molecule has 1 aromatic carbocycles. The smallest absolute Gasteiger partial charge is 0.331 e. The number of amides is 3. The summed E-state index contributed by atoms with van der Waals surface area (Å²) in [6, 6.07) is 6.37. The third-order valence-electron chi connectivity index (χ3n) is 5.16. The second kappa shape index (κ2) is 11.3. The van der Waals surface area contributed by atoms with Gasteiger partial charge in [-0.3, -0.25) is 14.9 Å². The molecular formula is C24H35N3O6. The molecule has 0 aromatic heterocycles. The van der Waals surface area contributed by atoms with Gasteiger partial charge in [-0.05, 0) is 53.0 Å². The zero-order valence-electron chi connectivity index (χ0n) is 20.3. The Bertz CT molecular complexity index is 852. The number of hydrogen-bond donors (Lipinski definition) is 1. The van der Waals surface area contributed by atoms with Gasteiger partial charge in [0.25, 0.3) is 0 Å². The number of esters is 2. The van der Waals surface area contributed by atoms with Gasteiger partial charge in [0.2, 0.25) is 5.91 Å². The first kappa shape index (κ1) is 26.3. The normalized spacial score (nSPS) is 18.1. The number of ether oxygens (including phenoxy) is 2. The number of urea groups is 1. The predicted octanol–water partition coefficient (Wildman–Crippen LogP) is 2.13. The number of imide groups is 1. The Balaban J connectivity index is 2.14. The van der Waals surface area contributed by atoms with Crippen LogP contribution in [0.3, 0.4) is 0 Å². The lowest BCUT2D eigenvalue weighted by Crippen LogP contribution is -2.55. The van der Waals surface area contributed by atoms with Crippen molar-refractivity contribution in [3.05, 3.63) is 35.9 Å². The number of carbonyl (C=O) groups is 4. The van der Waals surface area contributed by atoms with Crippen molar-refractivity contribution >= 4 is 23.9 Å². The molecule has 182 valence electrons. The summed E-state index contributed by atoms with van der Waals surface area (Å²) in [5.41, 5.74) is 0.292. The van der Waals surface area contributed by atoms with Gasteiger partial charge in [0, 0.05) is 7.05 Å². The lowest BCUT2D eigenvalue weighted by molar-refractivity contribution is -0.162. The first-order valence-electron chi connectivity index (χ1n) is 11.2. The monoisotopic (exact) mass is 461 g/mol. The van der Waals surface area contributed by atoms with Crippen LogP contribution in [0.2, 0.25) is 0 Å². The zero-order valence-corrected chi connectivity index (χ0v) is 20.3. The second-order valence-electron chi connectivity index (χ2n) is 9.14. The number of nitrogens with zero attached hydrogens (tertiary/aromatic N) is 2. The van der Waals surface area contributed by atoms with Crippen molar-refractivity contribution in [2.45, 2.75) is 71.2 Å². The van der Waals surface area contributed by atoms with Crippen molar-refractivity contribution in [2.24, 2.45) is 0 Å². The third kappa shape index (κ3) is 7.28. The van der Waals surface area contributed by atoms with Crippen LogP contribution < -0.4 is 5.32 Å². The topological polar surface area (TPSA) is 105 Å². The van der Waals surface area contributed by atoms with E-state index < -0.39 is 47.6 Å². The summed E-state index contributed by atoms with van der Waals surface area (Å²) in [5.74, 6) is -1.72. The lowest BCUT2D eigenvalue weighted by atomic mass is 10.0. The van der Waals surface area contributed by atoms with Crippen molar-refractivity contribution in [1.29, 1.82) is 0 Å². The van der Waals surface area contributed by atoms with E-state index in [1.165, 1.54) is 11.9 Å². The summed E-state index contributed by atoms with van der Waals surface area (Å²) in [7, 11) is 1.52. The molecule has 1 aromatic rings. The first-order valence-corrected chi connectivity index (χ1v) is 11.2. The van der Waals surface area contributed by atoms with Gasteiger partial charge in [0.1, 0.15) is 11.6 Å². The van der Waals surface area contributed by atoms with Crippen LogP contribution >= 0.6 is 0 Å². The number of rotatable bonds is 9. The summed E-state index contributed by atoms with van der Waals surface area (Å²) >= 11 is 0. The van der Waals surface area contributed by atoms with E-state index in [1.807, 2.05) is 30.3 Å². The summed E-state index contributed by atoms with van der Waals surface area (Å²) in [6.07, 6.45) is 1.01. The van der Waals surface area contributed by atoms with Crippen molar-refractivity contribution in [3.63, 3.8) is 0 Å². The Hall–Kier alpha value is -2.94. The highest BCUT2D eigenvalue weighted by molar-refractivity contribution is 6.03. The highest BCUT2D eigenvalue weighted by atomic mass is 16.6. The van der Waals surface area contributed by atoms with Gasteiger partial charge >= 0.3 is 18.0 Å². The van der Waals surface area contributed by atoms with Crippen molar-refractivity contribution in [1.82, 2.24) is 15.1 Å². The fourth-order valence-electron chi connectivity index (χ4n) is 3.58. The second-order valence-corrected chi connectivity index (χ2v) is 9.14. The zero-order chi connectivity index (χ0) is 24.8. The molecule has 3 amide bonds. The molecule has 9 heteroatoms. The number of likely N-dealkylation sites (N-methyl/N-ethyl adjacent to an activating group) is 1. The van der Waals surface area contributed by atoms with Gasteiger partial charge in [0.05, 0.1) is 19.2 Å². The molecule has 1 aliphatic heterocycles. The average Bonchev–Trinajstić information content (AvgIpc) is 3.04. The maximum Gasteiger partial charge on any atom is 0.331 e. The van der Waals surface area contributed by atoms with Gasteiger partial charge < -0.3 is 14.4 Å². The quantitative estimate of drug-likeness (QED) is 0.562. The number of aryl methyl sites for hydroxylation is 1. The Morgan fingerprint density at radius 1 is 1.18 bits per heavy atom.